The van der Waals surface area contributed by atoms with E-state index in [0.717, 1.165) is 31.7 Å². The molecule has 0 amide bonds. The van der Waals surface area contributed by atoms with Crippen LogP contribution in [0.15, 0.2) is 60.9 Å². The molecule has 4 rings (SSSR count). The van der Waals surface area contributed by atoms with Crippen molar-refractivity contribution in [3.63, 3.8) is 0 Å². The number of nitrogens with zero attached hydrogens (tertiary/aromatic N) is 2. The van der Waals surface area contributed by atoms with Crippen LogP contribution >= 0.6 is 0 Å². The Balaban J connectivity index is 1.63. The molecule has 1 N–H and O–H groups in total. The van der Waals surface area contributed by atoms with Gasteiger partial charge in [0.25, 0.3) is 0 Å². The minimum atomic E-state index is 0.147. The standard InChI is InChI=1S/C21H23N3O/c1-24-15-16(14-23-24)13-22-21(17-6-3-2-4-7-17)19-9-10-20-18(12-19)8-5-11-25-20/h2-4,6-7,9-10,12,14-15,21-22H,5,8,11,13H2,1H3. The van der Waals surface area contributed by atoms with Gasteiger partial charge in [0.15, 0.2) is 0 Å². The van der Waals surface area contributed by atoms with E-state index >= 15 is 0 Å². The molecule has 2 heterocycles. The van der Waals surface area contributed by atoms with Crippen LogP contribution in [-0.2, 0) is 20.0 Å². The Hall–Kier alpha value is -2.59. The molecule has 0 fully saturated rings. The fourth-order valence-electron chi connectivity index (χ4n) is 3.42. The Morgan fingerprint density at radius 1 is 1.16 bits per heavy atom. The molecule has 0 saturated carbocycles. The summed E-state index contributed by atoms with van der Waals surface area (Å²) in [7, 11) is 1.95. The van der Waals surface area contributed by atoms with Crippen molar-refractivity contribution in [3.8, 4) is 5.75 Å². The van der Waals surface area contributed by atoms with Crippen LogP contribution < -0.4 is 10.1 Å². The Kier molecular flexibility index (Phi) is 4.53. The first-order valence-corrected chi connectivity index (χ1v) is 8.81. The summed E-state index contributed by atoms with van der Waals surface area (Å²) >= 11 is 0. The summed E-state index contributed by atoms with van der Waals surface area (Å²) in [5.74, 6) is 1.04. The SMILES string of the molecule is Cn1cc(CNC(c2ccccc2)c2ccc3c(c2)CCCO3)cn1. The van der Waals surface area contributed by atoms with Crippen LogP contribution in [0.3, 0.4) is 0 Å². The fraction of sp³-hybridized carbons (Fsp3) is 0.286. The predicted octanol–water partition coefficient (Wildman–Crippen LogP) is 3.62. The first kappa shape index (κ1) is 15.9. The second kappa shape index (κ2) is 7.11. The zero-order chi connectivity index (χ0) is 17.1. The van der Waals surface area contributed by atoms with Gasteiger partial charge in [0.05, 0.1) is 18.8 Å². The zero-order valence-electron chi connectivity index (χ0n) is 14.5. The third kappa shape index (κ3) is 3.59. The predicted molar refractivity (Wildman–Crippen MR) is 98.6 cm³/mol. The second-order valence-corrected chi connectivity index (χ2v) is 6.57. The minimum Gasteiger partial charge on any atom is -0.493 e. The van der Waals surface area contributed by atoms with Crippen molar-refractivity contribution in [3.05, 3.63) is 83.2 Å². The Morgan fingerprint density at radius 2 is 2.04 bits per heavy atom. The summed E-state index contributed by atoms with van der Waals surface area (Å²) in [6, 6.07) is 17.3. The van der Waals surface area contributed by atoms with E-state index in [4.69, 9.17) is 4.74 Å². The summed E-state index contributed by atoms with van der Waals surface area (Å²) in [6.45, 7) is 1.61. The van der Waals surface area contributed by atoms with Gasteiger partial charge in [-0.2, -0.15) is 5.10 Å². The summed E-state index contributed by atoms with van der Waals surface area (Å²) in [5.41, 5.74) is 5.04. The third-order valence-electron chi connectivity index (χ3n) is 4.67. The lowest BCUT2D eigenvalue weighted by Gasteiger charge is -2.23. The number of fused-ring (bicyclic) bond motifs is 1. The topological polar surface area (TPSA) is 39.1 Å². The van der Waals surface area contributed by atoms with Crippen LogP contribution in [-0.4, -0.2) is 16.4 Å². The summed E-state index contributed by atoms with van der Waals surface area (Å²) < 4.78 is 7.60. The second-order valence-electron chi connectivity index (χ2n) is 6.57. The maximum Gasteiger partial charge on any atom is 0.122 e. The van der Waals surface area contributed by atoms with Gasteiger partial charge >= 0.3 is 0 Å². The van der Waals surface area contributed by atoms with Gasteiger partial charge in [0, 0.05) is 25.4 Å². The number of hydrogen-bond acceptors (Lipinski definition) is 3. The van der Waals surface area contributed by atoms with Crippen LogP contribution in [0.4, 0.5) is 0 Å². The first-order valence-electron chi connectivity index (χ1n) is 8.81. The van der Waals surface area contributed by atoms with E-state index in [2.05, 4.69) is 65.1 Å². The largest absolute Gasteiger partial charge is 0.493 e. The molecule has 25 heavy (non-hydrogen) atoms. The zero-order valence-corrected chi connectivity index (χ0v) is 14.5. The summed E-state index contributed by atoms with van der Waals surface area (Å²) in [4.78, 5) is 0. The van der Waals surface area contributed by atoms with Crippen molar-refractivity contribution in [2.24, 2.45) is 7.05 Å². The third-order valence-corrected chi connectivity index (χ3v) is 4.67. The van der Waals surface area contributed by atoms with E-state index in [-0.39, 0.29) is 6.04 Å². The number of hydrogen-bond donors (Lipinski definition) is 1. The van der Waals surface area contributed by atoms with Crippen LogP contribution in [0, 0.1) is 0 Å². The molecule has 1 aliphatic rings. The van der Waals surface area contributed by atoms with Crippen molar-refractivity contribution < 1.29 is 4.74 Å². The van der Waals surface area contributed by atoms with Gasteiger partial charge in [-0.1, -0.05) is 42.5 Å². The Labute approximate surface area is 148 Å². The van der Waals surface area contributed by atoms with E-state index in [0.29, 0.717) is 0 Å². The lowest BCUT2D eigenvalue weighted by Crippen LogP contribution is -2.22. The Morgan fingerprint density at radius 3 is 2.84 bits per heavy atom. The molecule has 0 aliphatic carbocycles. The van der Waals surface area contributed by atoms with E-state index in [1.54, 1.807) is 0 Å². The molecular formula is C21H23N3O. The van der Waals surface area contributed by atoms with Gasteiger partial charge < -0.3 is 10.1 Å². The highest BCUT2D eigenvalue weighted by molar-refractivity contribution is 5.42. The maximum absolute atomic E-state index is 5.76. The highest BCUT2D eigenvalue weighted by Gasteiger charge is 2.17. The highest BCUT2D eigenvalue weighted by atomic mass is 16.5. The molecule has 3 aromatic rings. The number of aromatic nitrogens is 2. The molecule has 128 valence electrons. The monoisotopic (exact) mass is 333 g/mol. The number of nitrogens with one attached hydrogen (secondary N) is 1. The van der Waals surface area contributed by atoms with E-state index in [1.807, 2.05) is 17.9 Å². The molecule has 0 spiro atoms. The lowest BCUT2D eigenvalue weighted by molar-refractivity contribution is 0.288. The normalized spacial score (nSPS) is 14.6. The molecule has 2 aromatic carbocycles. The van der Waals surface area contributed by atoms with Crippen molar-refractivity contribution in [2.45, 2.75) is 25.4 Å². The van der Waals surface area contributed by atoms with Crippen molar-refractivity contribution in [1.82, 2.24) is 15.1 Å². The first-order chi connectivity index (χ1) is 12.3. The molecule has 0 bridgehead atoms. The molecule has 1 aliphatic heterocycles. The van der Waals surface area contributed by atoms with E-state index in [1.165, 1.54) is 22.3 Å². The Bertz CT molecular complexity index is 841. The summed E-state index contributed by atoms with van der Waals surface area (Å²) in [5, 5.41) is 7.95. The summed E-state index contributed by atoms with van der Waals surface area (Å²) in [6.07, 6.45) is 6.15. The minimum absolute atomic E-state index is 0.147. The molecule has 1 unspecified atom stereocenters. The van der Waals surface area contributed by atoms with Gasteiger partial charge in [-0.3, -0.25) is 4.68 Å². The van der Waals surface area contributed by atoms with Crippen molar-refractivity contribution >= 4 is 0 Å². The quantitative estimate of drug-likeness (QED) is 0.775. The van der Waals surface area contributed by atoms with Crippen molar-refractivity contribution in [1.29, 1.82) is 0 Å². The molecule has 0 radical (unpaired) electrons. The smallest absolute Gasteiger partial charge is 0.122 e. The van der Waals surface area contributed by atoms with Gasteiger partial charge in [0.2, 0.25) is 0 Å². The number of ether oxygens (including phenoxy) is 1. The van der Waals surface area contributed by atoms with Crippen molar-refractivity contribution in [2.75, 3.05) is 6.61 Å². The van der Waals surface area contributed by atoms with E-state index < -0.39 is 0 Å². The highest BCUT2D eigenvalue weighted by Crippen LogP contribution is 2.30. The maximum atomic E-state index is 5.76. The number of aryl methyl sites for hydroxylation is 2. The van der Waals surface area contributed by atoms with Gasteiger partial charge in [-0.15, -0.1) is 0 Å². The van der Waals surface area contributed by atoms with Crippen LogP contribution in [0.25, 0.3) is 0 Å². The molecule has 4 heteroatoms. The molecular weight excluding hydrogens is 310 g/mol. The molecule has 1 atom stereocenters. The van der Waals surface area contributed by atoms with Crippen LogP contribution in [0.1, 0.15) is 34.7 Å². The van der Waals surface area contributed by atoms with Crippen LogP contribution in [0.2, 0.25) is 0 Å². The average Bonchev–Trinajstić information content (AvgIpc) is 3.08. The molecule has 1 aromatic heterocycles. The van der Waals surface area contributed by atoms with E-state index in [9.17, 15) is 0 Å². The molecule has 0 saturated heterocycles. The van der Waals surface area contributed by atoms with Gasteiger partial charge in [0.1, 0.15) is 5.75 Å². The number of benzene rings is 2. The van der Waals surface area contributed by atoms with Gasteiger partial charge in [-0.25, -0.2) is 0 Å². The lowest BCUT2D eigenvalue weighted by atomic mass is 9.94. The van der Waals surface area contributed by atoms with Gasteiger partial charge in [-0.05, 0) is 35.6 Å². The average molecular weight is 333 g/mol. The molecule has 4 nitrogen and oxygen atoms in total. The number of rotatable bonds is 5. The fourth-order valence-corrected chi connectivity index (χ4v) is 3.42. The van der Waals surface area contributed by atoms with Crippen LogP contribution in [0.5, 0.6) is 5.75 Å².